The number of esters is 2. The molecule has 60 valence electrons. The Morgan fingerprint density at radius 1 is 1.42 bits per heavy atom. The van der Waals surface area contributed by atoms with Crippen LogP contribution in [0.15, 0.2) is 23.8 Å². The topological polar surface area (TPSA) is 43.4 Å². The van der Waals surface area contributed by atoms with Crippen molar-refractivity contribution in [2.75, 3.05) is 0 Å². The van der Waals surface area contributed by atoms with Gasteiger partial charge in [-0.05, 0) is 6.08 Å². The third-order valence-electron chi connectivity index (χ3n) is 1.80. The van der Waals surface area contributed by atoms with E-state index in [1.54, 1.807) is 18.2 Å². The van der Waals surface area contributed by atoms with Gasteiger partial charge in [-0.25, -0.2) is 4.79 Å². The minimum atomic E-state index is -0.627. The Morgan fingerprint density at radius 3 is 2.83 bits per heavy atom. The fraction of sp³-hybridized carbons (Fsp3) is 0.125. The molecule has 12 heavy (non-hydrogen) atoms. The monoisotopic (exact) mass is 180 g/mol. The summed E-state index contributed by atoms with van der Waals surface area (Å²) in [6, 6.07) is 0. The highest BCUT2D eigenvalue weighted by Crippen LogP contribution is 2.27. The van der Waals surface area contributed by atoms with Gasteiger partial charge >= 0.3 is 11.9 Å². The normalized spacial score (nSPS) is 26.8. The Hall–Kier alpha value is -1.29. The molecule has 0 aromatic rings. The summed E-state index contributed by atoms with van der Waals surface area (Å²) in [4.78, 5) is 22.4. The van der Waals surface area contributed by atoms with Crippen LogP contribution in [0.1, 0.15) is 0 Å². The number of thiocarbonyl (C=S) groups is 1. The van der Waals surface area contributed by atoms with Gasteiger partial charge in [-0.2, -0.15) is 0 Å². The summed E-state index contributed by atoms with van der Waals surface area (Å²) >= 11 is 4.89. The Bertz CT molecular complexity index is 349. The largest absolute Gasteiger partial charge is 0.389 e. The molecule has 2 rings (SSSR count). The molecule has 0 bridgehead atoms. The van der Waals surface area contributed by atoms with E-state index < -0.39 is 17.9 Å². The van der Waals surface area contributed by atoms with Gasteiger partial charge in [0, 0.05) is 4.86 Å². The molecule has 1 fully saturated rings. The van der Waals surface area contributed by atoms with Crippen molar-refractivity contribution in [2.24, 2.45) is 5.92 Å². The third-order valence-corrected chi connectivity index (χ3v) is 2.17. The Balaban J connectivity index is 2.51. The van der Waals surface area contributed by atoms with E-state index in [9.17, 15) is 9.59 Å². The zero-order valence-electron chi connectivity index (χ0n) is 5.94. The van der Waals surface area contributed by atoms with E-state index in [2.05, 4.69) is 4.74 Å². The molecule has 0 N–H and O–H groups in total. The van der Waals surface area contributed by atoms with Crippen molar-refractivity contribution in [3.63, 3.8) is 0 Å². The van der Waals surface area contributed by atoms with Gasteiger partial charge in [-0.15, -0.1) is 0 Å². The summed E-state index contributed by atoms with van der Waals surface area (Å²) in [5.41, 5.74) is 0.354. The van der Waals surface area contributed by atoms with Crippen LogP contribution in [-0.4, -0.2) is 16.8 Å². The molecule has 3 nitrogen and oxygen atoms in total. The summed E-state index contributed by atoms with van der Waals surface area (Å²) in [5.74, 6) is -1.75. The molecule has 2 aliphatic rings. The SMILES string of the molecule is O=C1OC(=O)C2C(=S)C=CC=C12. The van der Waals surface area contributed by atoms with Crippen LogP contribution < -0.4 is 0 Å². The average molecular weight is 180 g/mol. The van der Waals surface area contributed by atoms with Crippen LogP contribution in [-0.2, 0) is 14.3 Å². The molecule has 1 atom stereocenters. The maximum Gasteiger partial charge on any atom is 0.342 e. The highest BCUT2D eigenvalue weighted by Gasteiger charge is 2.41. The Morgan fingerprint density at radius 2 is 2.17 bits per heavy atom. The first-order chi connectivity index (χ1) is 5.70. The molecule has 1 heterocycles. The van der Waals surface area contributed by atoms with Crippen LogP contribution in [0.2, 0.25) is 0 Å². The van der Waals surface area contributed by atoms with Gasteiger partial charge in [-0.3, -0.25) is 4.79 Å². The van der Waals surface area contributed by atoms with E-state index in [1.165, 1.54) is 0 Å². The van der Waals surface area contributed by atoms with Gasteiger partial charge in [0.1, 0.15) is 5.92 Å². The molecule has 0 saturated carbocycles. The summed E-state index contributed by atoms with van der Waals surface area (Å²) in [5, 5.41) is 0. The van der Waals surface area contributed by atoms with Gasteiger partial charge in [0.25, 0.3) is 0 Å². The number of allylic oxidation sites excluding steroid dienone is 3. The smallest absolute Gasteiger partial charge is 0.342 e. The lowest BCUT2D eigenvalue weighted by Gasteiger charge is -2.06. The zero-order chi connectivity index (χ0) is 8.72. The second kappa shape index (κ2) is 2.35. The Labute approximate surface area is 73.7 Å². The van der Waals surface area contributed by atoms with Crippen LogP contribution >= 0.6 is 12.2 Å². The van der Waals surface area contributed by atoms with Crippen molar-refractivity contribution < 1.29 is 14.3 Å². The first-order valence-corrected chi connectivity index (χ1v) is 3.79. The number of carbonyl (C=O) groups excluding carboxylic acids is 2. The van der Waals surface area contributed by atoms with E-state index in [4.69, 9.17) is 12.2 Å². The van der Waals surface area contributed by atoms with Crippen molar-refractivity contribution in [2.45, 2.75) is 0 Å². The highest BCUT2D eigenvalue weighted by atomic mass is 32.1. The van der Waals surface area contributed by atoms with Crippen molar-refractivity contribution in [1.29, 1.82) is 0 Å². The summed E-state index contributed by atoms with van der Waals surface area (Å²) in [6.07, 6.45) is 4.84. The molecule has 1 aliphatic heterocycles. The van der Waals surface area contributed by atoms with Crippen LogP contribution in [0, 0.1) is 5.92 Å². The fourth-order valence-electron chi connectivity index (χ4n) is 1.23. The molecule has 0 radical (unpaired) electrons. The second-order valence-corrected chi connectivity index (χ2v) is 3.00. The van der Waals surface area contributed by atoms with E-state index in [1.807, 2.05) is 0 Å². The summed E-state index contributed by atoms with van der Waals surface area (Å²) < 4.78 is 4.40. The molecule has 1 aliphatic carbocycles. The van der Waals surface area contributed by atoms with Crippen molar-refractivity contribution in [3.05, 3.63) is 23.8 Å². The van der Waals surface area contributed by atoms with Gasteiger partial charge in [-0.1, -0.05) is 24.4 Å². The van der Waals surface area contributed by atoms with Gasteiger partial charge in [0.15, 0.2) is 0 Å². The lowest BCUT2D eigenvalue weighted by atomic mass is 9.94. The molecular weight excluding hydrogens is 176 g/mol. The number of ether oxygens (including phenoxy) is 1. The van der Waals surface area contributed by atoms with E-state index in [0.29, 0.717) is 10.4 Å². The maximum absolute atomic E-state index is 11.0. The molecule has 0 amide bonds. The molecule has 0 aromatic carbocycles. The zero-order valence-corrected chi connectivity index (χ0v) is 6.76. The standard InChI is InChI=1S/C8H4O3S/c9-7-4-2-1-3-5(12)6(4)8(10)11-7/h1-3,6H. The van der Waals surface area contributed by atoms with E-state index >= 15 is 0 Å². The molecule has 1 saturated heterocycles. The van der Waals surface area contributed by atoms with Gasteiger partial charge in [0.2, 0.25) is 0 Å². The number of hydrogen-bond acceptors (Lipinski definition) is 4. The first-order valence-electron chi connectivity index (χ1n) is 3.38. The predicted octanol–water partition coefficient (Wildman–Crippen LogP) is 0.552. The quantitative estimate of drug-likeness (QED) is 0.310. The van der Waals surface area contributed by atoms with Crippen LogP contribution in [0.25, 0.3) is 0 Å². The van der Waals surface area contributed by atoms with Crippen molar-refractivity contribution in [1.82, 2.24) is 0 Å². The maximum atomic E-state index is 11.0. The average Bonchev–Trinajstić information content (AvgIpc) is 2.29. The van der Waals surface area contributed by atoms with Crippen molar-refractivity contribution in [3.8, 4) is 0 Å². The summed E-state index contributed by atoms with van der Waals surface area (Å²) in [6.45, 7) is 0. The van der Waals surface area contributed by atoms with Crippen LogP contribution in [0.5, 0.6) is 0 Å². The first kappa shape index (κ1) is 7.36. The number of rotatable bonds is 0. The lowest BCUT2D eigenvalue weighted by molar-refractivity contribution is -0.151. The third kappa shape index (κ3) is 0.848. The number of hydrogen-bond donors (Lipinski definition) is 0. The van der Waals surface area contributed by atoms with E-state index in [-0.39, 0.29) is 0 Å². The fourth-order valence-corrected chi connectivity index (χ4v) is 1.53. The van der Waals surface area contributed by atoms with E-state index in [0.717, 1.165) is 0 Å². The minimum Gasteiger partial charge on any atom is -0.389 e. The molecule has 4 heteroatoms. The number of fused-ring (bicyclic) bond motifs is 1. The predicted molar refractivity (Wildman–Crippen MR) is 44.4 cm³/mol. The highest BCUT2D eigenvalue weighted by molar-refractivity contribution is 7.80. The molecule has 0 aromatic heterocycles. The minimum absolute atomic E-state index is 0.354. The van der Waals surface area contributed by atoms with Crippen LogP contribution in [0.3, 0.4) is 0 Å². The second-order valence-electron chi connectivity index (χ2n) is 2.53. The van der Waals surface area contributed by atoms with Crippen molar-refractivity contribution >= 4 is 29.0 Å². The summed E-state index contributed by atoms with van der Waals surface area (Å²) in [7, 11) is 0. The molecular formula is C8H4O3S. The molecule has 0 spiro atoms. The van der Waals surface area contributed by atoms with Gasteiger partial charge in [0.05, 0.1) is 5.57 Å². The number of carbonyl (C=O) groups is 2. The van der Waals surface area contributed by atoms with Crippen LogP contribution in [0.4, 0.5) is 0 Å². The molecule has 1 unspecified atom stereocenters. The number of cyclic esters (lactones) is 2. The lowest BCUT2D eigenvalue weighted by Crippen LogP contribution is -2.19. The Kier molecular flexibility index (Phi) is 1.44. The van der Waals surface area contributed by atoms with Gasteiger partial charge < -0.3 is 4.74 Å².